The number of likely N-dealkylation sites (tertiary alicyclic amines) is 1. The van der Waals surface area contributed by atoms with E-state index in [4.69, 9.17) is 0 Å². The van der Waals surface area contributed by atoms with Crippen molar-refractivity contribution in [3.63, 3.8) is 0 Å². The number of rotatable bonds is 4. The molecule has 0 aromatic heterocycles. The van der Waals surface area contributed by atoms with Crippen LogP contribution in [0.2, 0.25) is 0 Å². The van der Waals surface area contributed by atoms with Gasteiger partial charge in [-0.3, -0.25) is 9.59 Å². The maximum Gasteiger partial charge on any atom is 0.275 e. The summed E-state index contributed by atoms with van der Waals surface area (Å²) in [5, 5.41) is 2.74. The fraction of sp³-hybridized carbons (Fsp3) is 0.556. The van der Waals surface area contributed by atoms with Crippen LogP contribution in [0, 0.1) is 11.8 Å². The molecule has 1 saturated carbocycles. The molecule has 0 bridgehead atoms. The van der Waals surface area contributed by atoms with E-state index in [-0.39, 0.29) is 23.8 Å². The number of carbonyl (C=O) groups is 2. The Morgan fingerprint density at radius 2 is 2.04 bits per heavy atom. The summed E-state index contributed by atoms with van der Waals surface area (Å²) >= 11 is 0. The molecule has 2 aliphatic carbocycles. The molecule has 2 unspecified atom stereocenters. The van der Waals surface area contributed by atoms with Crippen LogP contribution in [0.4, 0.5) is 8.78 Å². The van der Waals surface area contributed by atoms with Crippen LogP contribution in [0.1, 0.15) is 42.9 Å². The fourth-order valence-electron chi connectivity index (χ4n) is 3.76. The van der Waals surface area contributed by atoms with Crippen molar-refractivity contribution in [2.24, 2.45) is 11.8 Å². The van der Waals surface area contributed by atoms with Gasteiger partial charge < -0.3 is 10.2 Å². The second-order valence-electron chi connectivity index (χ2n) is 7.20. The Kier molecular flexibility index (Phi) is 3.58. The number of fused-ring (bicyclic) bond motifs is 1. The van der Waals surface area contributed by atoms with E-state index >= 15 is 0 Å². The third-order valence-corrected chi connectivity index (χ3v) is 5.27. The fourth-order valence-corrected chi connectivity index (χ4v) is 3.76. The van der Waals surface area contributed by atoms with Crippen LogP contribution in [0.5, 0.6) is 0 Å². The number of nitrogens with zero attached hydrogens (tertiary/aromatic N) is 1. The van der Waals surface area contributed by atoms with Gasteiger partial charge in [0.15, 0.2) is 0 Å². The zero-order chi connectivity index (χ0) is 16.9. The molecule has 2 amide bonds. The highest BCUT2D eigenvalue weighted by molar-refractivity contribution is 5.89. The number of hydrogen-bond acceptors (Lipinski definition) is 2. The highest BCUT2D eigenvalue weighted by Crippen LogP contribution is 2.47. The highest BCUT2D eigenvalue weighted by atomic mass is 19.3. The number of nitrogens with one attached hydrogen (secondary N) is 1. The van der Waals surface area contributed by atoms with Crippen LogP contribution in [-0.4, -0.2) is 29.8 Å². The molecule has 1 heterocycles. The van der Waals surface area contributed by atoms with Gasteiger partial charge in [0, 0.05) is 31.5 Å². The summed E-state index contributed by atoms with van der Waals surface area (Å²) in [5.41, 5.74) is 0.475. The largest absolute Gasteiger partial charge is 0.349 e. The van der Waals surface area contributed by atoms with E-state index in [0.29, 0.717) is 18.0 Å². The van der Waals surface area contributed by atoms with Crippen LogP contribution in [0.3, 0.4) is 0 Å². The third-order valence-electron chi connectivity index (χ3n) is 5.27. The van der Waals surface area contributed by atoms with Crippen molar-refractivity contribution in [2.75, 3.05) is 13.1 Å². The highest BCUT2D eigenvalue weighted by Gasteiger charge is 2.46. The SMILES string of the molecule is O=C(NC1CC(F)(F)c2ccccc21)C1CC(=O)N(CC2CC2)C1. The van der Waals surface area contributed by atoms with E-state index in [2.05, 4.69) is 5.32 Å². The van der Waals surface area contributed by atoms with Crippen molar-refractivity contribution in [1.82, 2.24) is 10.2 Å². The Morgan fingerprint density at radius 3 is 2.79 bits per heavy atom. The van der Waals surface area contributed by atoms with E-state index in [9.17, 15) is 18.4 Å². The minimum Gasteiger partial charge on any atom is -0.349 e. The first-order valence-electron chi connectivity index (χ1n) is 8.49. The molecular weight excluding hydrogens is 314 g/mol. The molecule has 6 heteroatoms. The summed E-state index contributed by atoms with van der Waals surface area (Å²) in [4.78, 5) is 26.2. The van der Waals surface area contributed by atoms with Gasteiger partial charge in [0.05, 0.1) is 12.0 Å². The molecule has 0 radical (unpaired) electrons. The van der Waals surface area contributed by atoms with Crippen molar-refractivity contribution in [1.29, 1.82) is 0 Å². The van der Waals surface area contributed by atoms with Crippen LogP contribution >= 0.6 is 0 Å². The average Bonchev–Trinajstić information content (AvgIpc) is 3.23. The molecule has 4 rings (SSSR count). The molecule has 1 aromatic rings. The number of carbonyl (C=O) groups excluding carboxylic acids is 2. The van der Waals surface area contributed by atoms with E-state index < -0.39 is 24.3 Å². The minimum absolute atomic E-state index is 0.000739. The normalized spacial score (nSPS) is 28.1. The van der Waals surface area contributed by atoms with Crippen LogP contribution in [0.15, 0.2) is 24.3 Å². The molecule has 4 nitrogen and oxygen atoms in total. The van der Waals surface area contributed by atoms with Crippen molar-refractivity contribution in [3.8, 4) is 0 Å². The minimum atomic E-state index is -2.92. The van der Waals surface area contributed by atoms with Crippen LogP contribution in [-0.2, 0) is 15.5 Å². The van der Waals surface area contributed by atoms with Gasteiger partial charge in [0.2, 0.25) is 11.8 Å². The Hall–Kier alpha value is -1.98. The van der Waals surface area contributed by atoms with Gasteiger partial charge in [-0.15, -0.1) is 0 Å². The van der Waals surface area contributed by atoms with Gasteiger partial charge in [-0.25, -0.2) is 8.78 Å². The van der Waals surface area contributed by atoms with Gasteiger partial charge in [-0.1, -0.05) is 24.3 Å². The third kappa shape index (κ3) is 2.78. The predicted molar refractivity (Wildman–Crippen MR) is 83.2 cm³/mol. The summed E-state index contributed by atoms with van der Waals surface area (Å²) in [5.74, 6) is -3.06. The Labute approximate surface area is 139 Å². The lowest BCUT2D eigenvalue weighted by Crippen LogP contribution is -2.35. The molecule has 1 N–H and O–H groups in total. The lowest BCUT2D eigenvalue weighted by Gasteiger charge is -2.18. The molecule has 1 saturated heterocycles. The number of halogens is 2. The quantitative estimate of drug-likeness (QED) is 0.920. The van der Waals surface area contributed by atoms with Gasteiger partial charge in [-0.2, -0.15) is 0 Å². The zero-order valence-corrected chi connectivity index (χ0v) is 13.3. The van der Waals surface area contributed by atoms with E-state index in [1.807, 2.05) is 0 Å². The summed E-state index contributed by atoms with van der Waals surface area (Å²) < 4.78 is 28.2. The molecule has 128 valence electrons. The topological polar surface area (TPSA) is 49.4 Å². The van der Waals surface area contributed by atoms with Gasteiger partial charge in [0.1, 0.15) is 0 Å². The summed E-state index contributed by atoms with van der Waals surface area (Å²) in [6, 6.07) is 5.66. The lowest BCUT2D eigenvalue weighted by molar-refractivity contribution is -0.129. The Balaban J connectivity index is 1.43. The standard InChI is InChI=1S/C18H20F2N2O2/c19-18(20)8-15(13-3-1-2-4-14(13)18)21-17(24)12-7-16(23)22(10-12)9-11-5-6-11/h1-4,11-12,15H,5-10H2,(H,21,24). The number of hydrogen-bond donors (Lipinski definition) is 1. The van der Waals surface area contributed by atoms with Crippen LogP contribution < -0.4 is 5.32 Å². The smallest absolute Gasteiger partial charge is 0.275 e. The Morgan fingerprint density at radius 1 is 1.29 bits per heavy atom. The van der Waals surface area contributed by atoms with Crippen molar-refractivity contribution < 1.29 is 18.4 Å². The van der Waals surface area contributed by atoms with Gasteiger partial charge >= 0.3 is 0 Å². The summed E-state index contributed by atoms with van der Waals surface area (Å²) in [6.07, 6.45) is 2.07. The van der Waals surface area contributed by atoms with Crippen molar-refractivity contribution >= 4 is 11.8 Å². The molecule has 1 aromatic carbocycles. The molecule has 0 spiro atoms. The first-order chi connectivity index (χ1) is 11.4. The Bertz CT molecular complexity index is 687. The summed E-state index contributed by atoms with van der Waals surface area (Å²) in [7, 11) is 0. The first kappa shape index (κ1) is 15.5. The maximum atomic E-state index is 14.1. The lowest BCUT2D eigenvalue weighted by atomic mass is 10.1. The second-order valence-corrected chi connectivity index (χ2v) is 7.20. The monoisotopic (exact) mass is 334 g/mol. The van der Waals surface area contributed by atoms with Gasteiger partial charge in [0.25, 0.3) is 5.92 Å². The number of amides is 2. The maximum absolute atomic E-state index is 14.1. The number of alkyl halides is 2. The molecule has 24 heavy (non-hydrogen) atoms. The number of benzene rings is 1. The molecular formula is C18H20F2N2O2. The summed E-state index contributed by atoms with van der Waals surface area (Å²) in [6.45, 7) is 1.14. The molecule has 2 atom stereocenters. The zero-order valence-electron chi connectivity index (χ0n) is 13.3. The van der Waals surface area contributed by atoms with Crippen molar-refractivity contribution in [3.05, 3.63) is 35.4 Å². The van der Waals surface area contributed by atoms with E-state index in [0.717, 1.165) is 19.4 Å². The molecule has 3 aliphatic rings. The first-order valence-corrected chi connectivity index (χ1v) is 8.49. The second kappa shape index (κ2) is 5.53. The van der Waals surface area contributed by atoms with E-state index in [1.54, 1.807) is 23.1 Å². The predicted octanol–water partition coefficient (Wildman–Crippen LogP) is 2.60. The average molecular weight is 334 g/mol. The molecule has 1 aliphatic heterocycles. The van der Waals surface area contributed by atoms with Crippen molar-refractivity contribution in [2.45, 2.75) is 37.6 Å². The van der Waals surface area contributed by atoms with Crippen LogP contribution in [0.25, 0.3) is 0 Å². The van der Waals surface area contributed by atoms with Gasteiger partial charge in [-0.05, 0) is 24.3 Å². The van der Waals surface area contributed by atoms with E-state index in [1.165, 1.54) is 6.07 Å². The molecule has 2 fully saturated rings.